The van der Waals surface area contributed by atoms with Gasteiger partial charge in [-0.3, -0.25) is 4.21 Å². The molecule has 4 heteroatoms. The van der Waals surface area contributed by atoms with Crippen molar-refractivity contribution in [2.75, 3.05) is 12.3 Å². The van der Waals surface area contributed by atoms with Crippen LogP contribution in [0.1, 0.15) is 23.1 Å². The first kappa shape index (κ1) is 11.8. The van der Waals surface area contributed by atoms with Gasteiger partial charge in [-0.1, -0.05) is 29.3 Å². The van der Waals surface area contributed by atoms with Crippen molar-refractivity contribution >= 4 is 11.1 Å². The van der Waals surface area contributed by atoms with Gasteiger partial charge in [-0.15, -0.1) is 0 Å². The summed E-state index contributed by atoms with van der Waals surface area (Å²) in [5.74, 6) is 0.266. The van der Waals surface area contributed by atoms with E-state index in [0.717, 1.165) is 32.4 Å². The Morgan fingerprint density at radius 2 is 2.31 bits per heavy atom. The molecule has 1 aromatic carbocycles. The predicted octanol–water partition coefficient (Wildman–Crippen LogP) is 1.14. The standard InChI is InChI=1S/C12H17NO2S/c14-16(15)8-2-5-10-3-1-4-11-9-13-7-6-12(10)11/h1,3-4,13H,2,5-9H2,(H,14,15)/p-1. The highest BCUT2D eigenvalue weighted by Crippen LogP contribution is 2.19. The zero-order valence-electron chi connectivity index (χ0n) is 9.20. The summed E-state index contributed by atoms with van der Waals surface area (Å²) in [5.41, 5.74) is 4.12. The second kappa shape index (κ2) is 5.57. The minimum absolute atomic E-state index is 0.266. The molecule has 0 bridgehead atoms. The fraction of sp³-hybridized carbons (Fsp3) is 0.500. The van der Waals surface area contributed by atoms with Crippen molar-refractivity contribution in [3.05, 3.63) is 34.9 Å². The Morgan fingerprint density at radius 3 is 3.12 bits per heavy atom. The lowest BCUT2D eigenvalue weighted by Crippen LogP contribution is -2.24. The third kappa shape index (κ3) is 2.90. The van der Waals surface area contributed by atoms with E-state index in [1.54, 1.807) is 0 Å². The van der Waals surface area contributed by atoms with Gasteiger partial charge >= 0.3 is 0 Å². The average molecular weight is 238 g/mol. The predicted molar refractivity (Wildman–Crippen MR) is 64.0 cm³/mol. The Hall–Kier alpha value is -0.710. The van der Waals surface area contributed by atoms with E-state index in [4.69, 9.17) is 0 Å². The molecule has 0 aliphatic carbocycles. The van der Waals surface area contributed by atoms with Gasteiger partial charge in [0.15, 0.2) is 0 Å². The van der Waals surface area contributed by atoms with Gasteiger partial charge < -0.3 is 9.87 Å². The Morgan fingerprint density at radius 1 is 1.44 bits per heavy atom. The molecule has 1 heterocycles. The number of aryl methyl sites for hydroxylation is 1. The van der Waals surface area contributed by atoms with Crippen LogP contribution in [0.15, 0.2) is 18.2 Å². The number of fused-ring (bicyclic) bond motifs is 1. The minimum Gasteiger partial charge on any atom is -0.772 e. The van der Waals surface area contributed by atoms with Gasteiger partial charge in [0.1, 0.15) is 0 Å². The lowest BCUT2D eigenvalue weighted by atomic mass is 9.93. The Kier molecular flexibility index (Phi) is 4.09. The van der Waals surface area contributed by atoms with Crippen molar-refractivity contribution in [1.82, 2.24) is 5.32 Å². The summed E-state index contributed by atoms with van der Waals surface area (Å²) >= 11 is -1.90. The maximum atomic E-state index is 10.5. The third-order valence-electron chi connectivity index (χ3n) is 2.99. The molecule has 88 valence electrons. The van der Waals surface area contributed by atoms with Crippen molar-refractivity contribution in [2.24, 2.45) is 0 Å². The van der Waals surface area contributed by atoms with Crippen LogP contribution in [0, 0.1) is 0 Å². The van der Waals surface area contributed by atoms with E-state index in [-0.39, 0.29) is 5.75 Å². The zero-order chi connectivity index (χ0) is 11.4. The van der Waals surface area contributed by atoms with E-state index in [0.29, 0.717) is 0 Å². The summed E-state index contributed by atoms with van der Waals surface area (Å²) in [6, 6.07) is 6.34. The van der Waals surface area contributed by atoms with Crippen LogP contribution in [-0.4, -0.2) is 21.1 Å². The lowest BCUT2D eigenvalue weighted by molar-refractivity contribution is 0.534. The van der Waals surface area contributed by atoms with Crippen molar-refractivity contribution in [3.8, 4) is 0 Å². The molecule has 0 fully saturated rings. The molecule has 0 amide bonds. The van der Waals surface area contributed by atoms with E-state index in [9.17, 15) is 8.76 Å². The Bertz CT molecular complexity index is 393. The zero-order valence-corrected chi connectivity index (χ0v) is 10.0. The lowest BCUT2D eigenvalue weighted by Gasteiger charge is -2.20. The van der Waals surface area contributed by atoms with Crippen molar-refractivity contribution in [1.29, 1.82) is 0 Å². The van der Waals surface area contributed by atoms with E-state index in [1.165, 1.54) is 16.7 Å². The molecule has 0 aromatic heterocycles. The molecule has 16 heavy (non-hydrogen) atoms. The number of hydrogen-bond acceptors (Lipinski definition) is 3. The molecule has 0 spiro atoms. The van der Waals surface area contributed by atoms with Gasteiger partial charge in [0.2, 0.25) is 0 Å². The monoisotopic (exact) mass is 238 g/mol. The maximum absolute atomic E-state index is 10.5. The van der Waals surface area contributed by atoms with Crippen LogP contribution in [0.2, 0.25) is 0 Å². The molecule has 0 radical (unpaired) electrons. The summed E-state index contributed by atoms with van der Waals surface area (Å²) in [6.45, 7) is 1.97. The second-order valence-electron chi connectivity index (χ2n) is 4.09. The van der Waals surface area contributed by atoms with E-state index in [1.807, 2.05) is 0 Å². The van der Waals surface area contributed by atoms with Crippen molar-refractivity contribution in [2.45, 2.75) is 25.8 Å². The fourth-order valence-electron chi connectivity index (χ4n) is 2.23. The molecular weight excluding hydrogens is 222 g/mol. The fourth-order valence-corrected chi connectivity index (χ4v) is 2.61. The van der Waals surface area contributed by atoms with E-state index >= 15 is 0 Å². The van der Waals surface area contributed by atoms with Crippen LogP contribution in [0.25, 0.3) is 0 Å². The first-order chi connectivity index (χ1) is 7.77. The van der Waals surface area contributed by atoms with E-state index in [2.05, 4.69) is 23.5 Å². The molecule has 2 rings (SSSR count). The van der Waals surface area contributed by atoms with E-state index < -0.39 is 11.1 Å². The van der Waals surface area contributed by atoms with Gasteiger partial charge in [0.25, 0.3) is 0 Å². The van der Waals surface area contributed by atoms with Gasteiger partial charge in [0.05, 0.1) is 0 Å². The highest BCUT2D eigenvalue weighted by molar-refractivity contribution is 7.79. The Balaban J connectivity index is 2.05. The van der Waals surface area contributed by atoms with Gasteiger partial charge in [-0.25, -0.2) is 0 Å². The first-order valence-corrected chi connectivity index (χ1v) is 6.88. The Labute approximate surface area is 98.5 Å². The maximum Gasteiger partial charge on any atom is 0.0208 e. The molecule has 3 nitrogen and oxygen atoms in total. The molecule has 1 aromatic rings. The summed E-state index contributed by atoms with van der Waals surface area (Å²) in [5, 5.41) is 3.34. The van der Waals surface area contributed by atoms with Crippen LogP contribution >= 0.6 is 0 Å². The quantitative estimate of drug-likeness (QED) is 0.800. The van der Waals surface area contributed by atoms with Crippen LogP contribution in [-0.2, 0) is 30.5 Å². The second-order valence-corrected chi connectivity index (χ2v) is 5.11. The third-order valence-corrected chi connectivity index (χ3v) is 3.62. The minimum atomic E-state index is -1.90. The van der Waals surface area contributed by atoms with Crippen LogP contribution in [0.4, 0.5) is 0 Å². The summed E-state index contributed by atoms with van der Waals surface area (Å²) in [6.07, 6.45) is 2.66. The number of rotatable bonds is 4. The molecule has 1 unspecified atom stereocenters. The topological polar surface area (TPSA) is 52.2 Å². The average Bonchev–Trinajstić information content (AvgIpc) is 2.29. The summed E-state index contributed by atoms with van der Waals surface area (Å²) < 4.78 is 20.9. The largest absolute Gasteiger partial charge is 0.772 e. The summed E-state index contributed by atoms with van der Waals surface area (Å²) in [7, 11) is 0. The highest BCUT2D eigenvalue weighted by Gasteiger charge is 2.11. The normalized spacial score (nSPS) is 16.8. The smallest absolute Gasteiger partial charge is 0.0208 e. The molecule has 1 aliphatic rings. The van der Waals surface area contributed by atoms with Crippen LogP contribution in [0.5, 0.6) is 0 Å². The number of nitrogens with one attached hydrogen (secondary N) is 1. The highest BCUT2D eigenvalue weighted by atomic mass is 32.2. The SMILES string of the molecule is O=S([O-])CCCc1cccc2c1CCNC2. The summed E-state index contributed by atoms with van der Waals surface area (Å²) in [4.78, 5) is 0. The van der Waals surface area contributed by atoms with Gasteiger partial charge in [-0.2, -0.15) is 0 Å². The van der Waals surface area contributed by atoms with Gasteiger partial charge in [0, 0.05) is 12.3 Å². The number of hydrogen-bond donors (Lipinski definition) is 1. The first-order valence-electron chi connectivity index (χ1n) is 5.63. The molecule has 1 N–H and O–H groups in total. The van der Waals surface area contributed by atoms with Gasteiger partial charge in [-0.05, 0) is 42.5 Å². The molecule has 0 saturated carbocycles. The molecular formula is C12H16NO2S-. The van der Waals surface area contributed by atoms with Crippen molar-refractivity contribution in [3.63, 3.8) is 0 Å². The molecule has 0 saturated heterocycles. The molecule has 1 aliphatic heterocycles. The van der Waals surface area contributed by atoms with Crippen molar-refractivity contribution < 1.29 is 8.76 Å². The van der Waals surface area contributed by atoms with Crippen LogP contribution in [0.3, 0.4) is 0 Å². The number of benzene rings is 1. The van der Waals surface area contributed by atoms with Crippen LogP contribution < -0.4 is 5.32 Å². The molecule has 1 atom stereocenters.